The van der Waals surface area contributed by atoms with Crippen molar-refractivity contribution in [2.75, 3.05) is 10.6 Å². The van der Waals surface area contributed by atoms with Crippen LogP contribution in [0.3, 0.4) is 0 Å². The van der Waals surface area contributed by atoms with Crippen LogP contribution in [0.25, 0.3) is 0 Å². The summed E-state index contributed by atoms with van der Waals surface area (Å²) in [5.41, 5.74) is 4.43. The van der Waals surface area contributed by atoms with Crippen molar-refractivity contribution >= 4 is 42.3 Å². The van der Waals surface area contributed by atoms with Crippen LogP contribution in [0.5, 0.6) is 0 Å². The second-order valence-electron chi connectivity index (χ2n) is 6.71. The van der Waals surface area contributed by atoms with E-state index < -0.39 is 0 Å². The van der Waals surface area contributed by atoms with Gasteiger partial charge in [0.05, 0.1) is 0 Å². The molecule has 0 saturated carbocycles. The van der Waals surface area contributed by atoms with Crippen molar-refractivity contribution in [3.8, 4) is 0 Å². The summed E-state index contributed by atoms with van der Waals surface area (Å²) in [5.74, 6) is 0.994. The Balaban J connectivity index is 1.68. The molecule has 3 aromatic carbocycles. The molecule has 0 saturated heterocycles. The maximum atomic E-state index is 5.01. The zero-order chi connectivity index (χ0) is 18.6. The first kappa shape index (κ1) is 17.8. The molecular weight excluding hydrogens is 397 g/mol. The Morgan fingerprint density at radius 2 is 1.52 bits per heavy atom. The van der Waals surface area contributed by atoms with Crippen molar-refractivity contribution < 1.29 is 0 Å². The van der Waals surface area contributed by atoms with Crippen molar-refractivity contribution in [3.63, 3.8) is 0 Å². The number of anilines is 2. The van der Waals surface area contributed by atoms with Gasteiger partial charge < -0.3 is 0 Å². The SMILES string of the molecule is Cc1ccccc1N=C1Nc2ccccc2NC1C(C)[Se]c1ccccc1. The van der Waals surface area contributed by atoms with Gasteiger partial charge >= 0.3 is 167 Å². The molecule has 4 heteroatoms. The number of aryl methyl sites for hydroxylation is 1. The van der Waals surface area contributed by atoms with Crippen molar-refractivity contribution in [2.45, 2.75) is 24.7 Å². The van der Waals surface area contributed by atoms with Gasteiger partial charge in [0.2, 0.25) is 0 Å². The quantitative estimate of drug-likeness (QED) is 0.597. The minimum atomic E-state index is 0.153. The molecule has 4 rings (SSSR count). The van der Waals surface area contributed by atoms with E-state index in [1.807, 2.05) is 6.07 Å². The number of rotatable bonds is 4. The van der Waals surface area contributed by atoms with Gasteiger partial charge in [-0.25, -0.2) is 0 Å². The molecule has 2 N–H and O–H groups in total. The number of hydrogen-bond acceptors (Lipinski definition) is 2. The number of fused-ring (bicyclic) bond motifs is 1. The number of para-hydroxylation sites is 3. The summed E-state index contributed by atoms with van der Waals surface area (Å²) >= 11 is 0.347. The molecule has 27 heavy (non-hydrogen) atoms. The zero-order valence-corrected chi connectivity index (χ0v) is 17.2. The molecule has 0 aliphatic carbocycles. The molecule has 0 fully saturated rings. The van der Waals surface area contributed by atoms with Crippen molar-refractivity contribution in [1.29, 1.82) is 0 Å². The Bertz CT molecular complexity index is 953. The van der Waals surface area contributed by atoms with Gasteiger partial charge in [-0.3, -0.25) is 0 Å². The fraction of sp³-hybridized carbons (Fsp3) is 0.174. The molecule has 1 aliphatic heterocycles. The molecule has 2 unspecified atom stereocenters. The van der Waals surface area contributed by atoms with Crippen LogP contribution in [0.15, 0.2) is 83.9 Å². The van der Waals surface area contributed by atoms with Crippen molar-refractivity contribution in [1.82, 2.24) is 0 Å². The average Bonchev–Trinajstić information content (AvgIpc) is 2.70. The van der Waals surface area contributed by atoms with Gasteiger partial charge in [0, 0.05) is 0 Å². The Kier molecular flexibility index (Phi) is 5.28. The first-order valence-corrected chi connectivity index (χ1v) is 11.0. The summed E-state index contributed by atoms with van der Waals surface area (Å²) in [4.78, 5) is 5.46. The van der Waals surface area contributed by atoms with E-state index in [4.69, 9.17) is 4.99 Å². The standard InChI is InChI=1S/C23H23N3Se/c1-16-10-6-7-13-19(16)25-23-22(17(2)27-18-11-4-3-5-12-18)24-20-14-8-9-15-21(20)26-23/h3-15,17,22,24H,1-2H3,(H,25,26). The fourth-order valence-corrected chi connectivity index (χ4v) is 5.47. The predicted octanol–water partition coefficient (Wildman–Crippen LogP) is 4.77. The maximum absolute atomic E-state index is 5.01. The van der Waals surface area contributed by atoms with Gasteiger partial charge in [-0.05, 0) is 0 Å². The normalized spacial score (nSPS) is 18.3. The van der Waals surface area contributed by atoms with E-state index in [0.717, 1.165) is 22.9 Å². The van der Waals surface area contributed by atoms with Crippen LogP contribution in [-0.2, 0) is 0 Å². The van der Waals surface area contributed by atoms with Gasteiger partial charge in [0.1, 0.15) is 0 Å². The van der Waals surface area contributed by atoms with Crippen LogP contribution in [0.1, 0.15) is 12.5 Å². The van der Waals surface area contributed by atoms with E-state index in [0.29, 0.717) is 19.8 Å². The monoisotopic (exact) mass is 421 g/mol. The average molecular weight is 420 g/mol. The number of amidine groups is 1. The van der Waals surface area contributed by atoms with E-state index >= 15 is 0 Å². The summed E-state index contributed by atoms with van der Waals surface area (Å²) in [6, 6.07) is 27.5. The molecule has 0 radical (unpaired) electrons. The fourth-order valence-electron chi connectivity index (χ4n) is 3.21. The van der Waals surface area contributed by atoms with Gasteiger partial charge in [-0.15, -0.1) is 0 Å². The molecule has 0 aromatic heterocycles. The summed E-state index contributed by atoms with van der Waals surface area (Å²) < 4.78 is 1.41. The summed E-state index contributed by atoms with van der Waals surface area (Å²) in [6.07, 6.45) is 0. The zero-order valence-electron chi connectivity index (χ0n) is 15.5. The predicted molar refractivity (Wildman–Crippen MR) is 117 cm³/mol. The third kappa shape index (κ3) is 4.08. The molecule has 0 bridgehead atoms. The van der Waals surface area contributed by atoms with Gasteiger partial charge in [0.15, 0.2) is 0 Å². The first-order valence-electron chi connectivity index (χ1n) is 9.19. The Hall–Kier alpha value is -2.55. The molecule has 1 aliphatic rings. The van der Waals surface area contributed by atoms with E-state index in [-0.39, 0.29) is 6.04 Å². The molecule has 0 spiro atoms. The molecule has 1 heterocycles. The van der Waals surface area contributed by atoms with Crippen LogP contribution < -0.4 is 15.1 Å². The number of nitrogens with zero attached hydrogens (tertiary/aromatic N) is 1. The van der Waals surface area contributed by atoms with E-state index in [1.165, 1.54) is 10.0 Å². The Labute approximate surface area is 167 Å². The van der Waals surface area contributed by atoms with Gasteiger partial charge in [-0.2, -0.15) is 0 Å². The van der Waals surface area contributed by atoms with E-state index in [9.17, 15) is 0 Å². The number of aliphatic imine (C=N–C) groups is 1. The number of nitrogens with one attached hydrogen (secondary N) is 2. The molecule has 136 valence electrons. The molecule has 3 aromatic rings. The molecule has 2 atom stereocenters. The summed E-state index contributed by atoms with van der Waals surface area (Å²) in [6.45, 7) is 4.42. The Morgan fingerprint density at radius 3 is 2.30 bits per heavy atom. The van der Waals surface area contributed by atoms with Crippen LogP contribution in [0.4, 0.5) is 17.1 Å². The van der Waals surface area contributed by atoms with E-state index in [1.54, 1.807) is 0 Å². The Morgan fingerprint density at radius 1 is 0.852 bits per heavy atom. The summed E-state index contributed by atoms with van der Waals surface area (Å²) in [7, 11) is 0. The van der Waals surface area contributed by atoms with E-state index in [2.05, 4.69) is 97.3 Å². The second-order valence-corrected chi connectivity index (χ2v) is 9.76. The van der Waals surface area contributed by atoms with Crippen LogP contribution in [0.2, 0.25) is 4.82 Å². The van der Waals surface area contributed by atoms with Crippen molar-refractivity contribution in [2.24, 2.45) is 4.99 Å². The van der Waals surface area contributed by atoms with Crippen molar-refractivity contribution in [3.05, 3.63) is 84.4 Å². The summed E-state index contributed by atoms with van der Waals surface area (Å²) in [5, 5.41) is 7.32. The van der Waals surface area contributed by atoms with Crippen LogP contribution in [-0.4, -0.2) is 26.8 Å². The topological polar surface area (TPSA) is 36.4 Å². The first-order chi connectivity index (χ1) is 13.2. The van der Waals surface area contributed by atoms with Gasteiger partial charge in [-0.1, -0.05) is 0 Å². The molecule has 0 amide bonds. The molecular formula is C23H23N3Se. The number of hydrogen-bond donors (Lipinski definition) is 2. The third-order valence-corrected chi connectivity index (χ3v) is 7.18. The van der Waals surface area contributed by atoms with Crippen LogP contribution in [0, 0.1) is 6.92 Å². The van der Waals surface area contributed by atoms with Crippen LogP contribution >= 0.6 is 0 Å². The third-order valence-electron chi connectivity index (χ3n) is 4.69. The second kappa shape index (κ2) is 7.99. The van der Waals surface area contributed by atoms with Gasteiger partial charge in [0.25, 0.3) is 0 Å². The minimum absolute atomic E-state index is 0.153. The number of benzene rings is 3. The molecule has 3 nitrogen and oxygen atoms in total.